The number of hydrogen-bond acceptors (Lipinski definition) is 7. The molecular formula is C13H22N6O2. The molecule has 0 saturated carbocycles. The fraction of sp³-hybridized carbons (Fsp3) is 0.692. The van der Waals surface area contributed by atoms with Crippen LogP contribution in [0.5, 0.6) is 0 Å². The molecule has 0 atom stereocenters. The van der Waals surface area contributed by atoms with Crippen molar-refractivity contribution in [3.05, 3.63) is 16.4 Å². The van der Waals surface area contributed by atoms with Gasteiger partial charge >= 0.3 is 5.69 Å². The van der Waals surface area contributed by atoms with Crippen LogP contribution < -0.4 is 10.2 Å². The van der Waals surface area contributed by atoms with Gasteiger partial charge < -0.3 is 15.1 Å². The zero-order chi connectivity index (χ0) is 15.2. The Hall–Kier alpha value is -1.96. The molecule has 0 amide bonds. The van der Waals surface area contributed by atoms with Gasteiger partial charge in [-0.1, -0.05) is 6.92 Å². The molecule has 1 aliphatic rings. The Morgan fingerprint density at radius 1 is 1.33 bits per heavy atom. The van der Waals surface area contributed by atoms with E-state index in [4.69, 9.17) is 0 Å². The Kier molecular flexibility index (Phi) is 5.26. The summed E-state index contributed by atoms with van der Waals surface area (Å²) in [4.78, 5) is 23.5. The number of aromatic nitrogens is 2. The van der Waals surface area contributed by atoms with Crippen LogP contribution in [0.1, 0.15) is 19.8 Å². The van der Waals surface area contributed by atoms with Gasteiger partial charge in [-0.15, -0.1) is 0 Å². The predicted molar refractivity (Wildman–Crippen MR) is 81.8 cm³/mol. The highest BCUT2D eigenvalue weighted by Gasteiger charge is 2.27. The summed E-state index contributed by atoms with van der Waals surface area (Å²) in [7, 11) is 2.06. The van der Waals surface area contributed by atoms with Crippen molar-refractivity contribution in [3.63, 3.8) is 0 Å². The van der Waals surface area contributed by atoms with E-state index >= 15 is 0 Å². The summed E-state index contributed by atoms with van der Waals surface area (Å²) in [5.74, 6) is 0.730. The molecule has 1 aromatic rings. The largest absolute Gasteiger partial charge is 0.364 e. The van der Waals surface area contributed by atoms with E-state index in [0.717, 1.165) is 39.0 Å². The van der Waals surface area contributed by atoms with Gasteiger partial charge in [0, 0.05) is 26.2 Å². The molecule has 1 N–H and O–H groups in total. The second kappa shape index (κ2) is 7.16. The van der Waals surface area contributed by atoms with E-state index in [1.165, 1.54) is 6.33 Å². The average Bonchev–Trinajstić information content (AvgIpc) is 2.69. The third kappa shape index (κ3) is 3.78. The van der Waals surface area contributed by atoms with Crippen LogP contribution in [-0.2, 0) is 0 Å². The maximum Gasteiger partial charge on any atom is 0.353 e. The number of anilines is 2. The Morgan fingerprint density at radius 3 is 2.86 bits per heavy atom. The minimum Gasteiger partial charge on any atom is -0.364 e. The standard InChI is InChI=1S/C13H22N6O2/c1-3-5-14-12-11(19(20)21)13(16-10-15-12)18-7-4-6-17(2)8-9-18/h10H,3-9H2,1-2H3,(H,14,15,16). The van der Waals surface area contributed by atoms with Gasteiger partial charge in [-0.25, -0.2) is 9.97 Å². The average molecular weight is 294 g/mol. The van der Waals surface area contributed by atoms with E-state index in [2.05, 4.69) is 27.2 Å². The lowest BCUT2D eigenvalue weighted by molar-refractivity contribution is -0.383. The van der Waals surface area contributed by atoms with Gasteiger partial charge in [0.25, 0.3) is 0 Å². The quantitative estimate of drug-likeness (QED) is 0.647. The second-order valence-electron chi connectivity index (χ2n) is 5.22. The molecule has 1 saturated heterocycles. The molecule has 0 aliphatic carbocycles. The van der Waals surface area contributed by atoms with Gasteiger partial charge in [0.15, 0.2) is 0 Å². The minimum absolute atomic E-state index is 0.0181. The molecule has 0 radical (unpaired) electrons. The fourth-order valence-corrected chi connectivity index (χ4v) is 2.40. The number of hydrogen-bond donors (Lipinski definition) is 1. The number of nitrogens with zero attached hydrogens (tertiary/aromatic N) is 5. The van der Waals surface area contributed by atoms with Gasteiger partial charge in [0.1, 0.15) is 6.33 Å². The van der Waals surface area contributed by atoms with Crippen molar-refractivity contribution in [2.75, 3.05) is 50.0 Å². The summed E-state index contributed by atoms with van der Waals surface area (Å²) in [5.41, 5.74) is -0.0181. The Morgan fingerprint density at radius 2 is 2.14 bits per heavy atom. The summed E-state index contributed by atoms with van der Waals surface area (Å²) >= 11 is 0. The van der Waals surface area contributed by atoms with Gasteiger partial charge in [0.05, 0.1) is 4.92 Å². The summed E-state index contributed by atoms with van der Waals surface area (Å²) in [6.07, 6.45) is 3.25. The lowest BCUT2D eigenvalue weighted by Crippen LogP contribution is -2.30. The summed E-state index contributed by atoms with van der Waals surface area (Å²) in [5, 5.41) is 14.5. The van der Waals surface area contributed by atoms with E-state index in [0.29, 0.717) is 18.2 Å². The second-order valence-corrected chi connectivity index (χ2v) is 5.22. The SMILES string of the molecule is CCCNc1ncnc(N2CCCN(C)CC2)c1[N+](=O)[O-]. The third-order valence-corrected chi connectivity index (χ3v) is 3.55. The van der Waals surface area contributed by atoms with Crippen LogP contribution in [0.2, 0.25) is 0 Å². The lowest BCUT2D eigenvalue weighted by Gasteiger charge is -2.21. The molecule has 0 bridgehead atoms. The zero-order valence-electron chi connectivity index (χ0n) is 12.6. The van der Waals surface area contributed by atoms with E-state index < -0.39 is 0 Å². The molecular weight excluding hydrogens is 272 g/mol. The van der Waals surface area contributed by atoms with Crippen molar-refractivity contribution < 1.29 is 4.92 Å². The number of nitro groups is 1. The Bertz CT molecular complexity index is 496. The van der Waals surface area contributed by atoms with Crippen LogP contribution in [0.3, 0.4) is 0 Å². The highest BCUT2D eigenvalue weighted by atomic mass is 16.6. The maximum absolute atomic E-state index is 11.4. The van der Waals surface area contributed by atoms with Crippen molar-refractivity contribution in [1.82, 2.24) is 14.9 Å². The molecule has 0 unspecified atom stereocenters. The maximum atomic E-state index is 11.4. The van der Waals surface area contributed by atoms with Crippen LogP contribution in [0.15, 0.2) is 6.33 Å². The van der Waals surface area contributed by atoms with Crippen molar-refractivity contribution in [2.24, 2.45) is 0 Å². The number of nitrogens with one attached hydrogen (secondary N) is 1. The summed E-state index contributed by atoms with van der Waals surface area (Å²) in [6, 6.07) is 0. The molecule has 21 heavy (non-hydrogen) atoms. The highest BCUT2D eigenvalue weighted by Crippen LogP contribution is 2.32. The van der Waals surface area contributed by atoms with E-state index in [1.54, 1.807) is 0 Å². The van der Waals surface area contributed by atoms with Crippen molar-refractivity contribution in [2.45, 2.75) is 19.8 Å². The van der Waals surface area contributed by atoms with Crippen LogP contribution >= 0.6 is 0 Å². The minimum atomic E-state index is -0.387. The first-order chi connectivity index (χ1) is 10.1. The number of likely N-dealkylation sites (N-methyl/N-ethyl adjacent to an activating group) is 1. The zero-order valence-corrected chi connectivity index (χ0v) is 12.6. The Labute approximate surface area is 124 Å². The monoisotopic (exact) mass is 294 g/mol. The van der Waals surface area contributed by atoms with Gasteiger partial charge in [-0.2, -0.15) is 0 Å². The highest BCUT2D eigenvalue weighted by molar-refractivity contribution is 5.70. The Balaban J connectivity index is 2.31. The van der Waals surface area contributed by atoms with Crippen molar-refractivity contribution >= 4 is 17.3 Å². The molecule has 1 aromatic heterocycles. The van der Waals surface area contributed by atoms with Crippen molar-refractivity contribution in [1.29, 1.82) is 0 Å². The first-order valence-electron chi connectivity index (χ1n) is 7.30. The first-order valence-corrected chi connectivity index (χ1v) is 7.30. The fourth-order valence-electron chi connectivity index (χ4n) is 2.40. The third-order valence-electron chi connectivity index (χ3n) is 3.55. The number of rotatable bonds is 5. The van der Waals surface area contributed by atoms with Crippen LogP contribution in [0.4, 0.5) is 17.3 Å². The van der Waals surface area contributed by atoms with Crippen molar-refractivity contribution in [3.8, 4) is 0 Å². The molecule has 8 nitrogen and oxygen atoms in total. The summed E-state index contributed by atoms with van der Waals surface area (Å²) in [6.45, 7) is 6.04. The van der Waals surface area contributed by atoms with E-state index in [1.807, 2.05) is 11.8 Å². The summed E-state index contributed by atoms with van der Waals surface area (Å²) < 4.78 is 0. The predicted octanol–water partition coefficient (Wildman–Crippen LogP) is 1.35. The van der Waals surface area contributed by atoms with Gasteiger partial charge in [-0.3, -0.25) is 10.1 Å². The van der Waals surface area contributed by atoms with E-state index in [9.17, 15) is 10.1 Å². The van der Waals surface area contributed by atoms with Gasteiger partial charge in [0.2, 0.25) is 11.6 Å². The molecule has 2 rings (SSSR count). The molecule has 116 valence electrons. The molecule has 2 heterocycles. The molecule has 0 aromatic carbocycles. The normalized spacial score (nSPS) is 16.6. The lowest BCUT2D eigenvalue weighted by atomic mass is 10.3. The van der Waals surface area contributed by atoms with Crippen LogP contribution in [0.25, 0.3) is 0 Å². The first kappa shape index (κ1) is 15.4. The molecule has 1 aliphatic heterocycles. The smallest absolute Gasteiger partial charge is 0.353 e. The van der Waals surface area contributed by atoms with Crippen LogP contribution in [0, 0.1) is 10.1 Å². The topological polar surface area (TPSA) is 87.4 Å². The van der Waals surface area contributed by atoms with Gasteiger partial charge in [-0.05, 0) is 26.4 Å². The van der Waals surface area contributed by atoms with E-state index in [-0.39, 0.29) is 10.6 Å². The molecule has 8 heteroatoms. The van der Waals surface area contributed by atoms with Crippen LogP contribution in [-0.4, -0.2) is 59.6 Å². The molecule has 0 spiro atoms. The molecule has 1 fully saturated rings.